The second kappa shape index (κ2) is 7.74. The Labute approximate surface area is 144 Å². The molecule has 0 aliphatic rings. The molecule has 0 fully saturated rings. The first-order valence-corrected chi connectivity index (χ1v) is 8.54. The number of tetrazole rings is 1. The Balaban J connectivity index is 1.55. The number of nitrogens with one attached hydrogen (secondary N) is 1. The predicted molar refractivity (Wildman–Crippen MR) is 94.3 cm³/mol. The third-order valence-electron chi connectivity index (χ3n) is 3.34. The minimum absolute atomic E-state index is 0.0249. The Hall–Kier alpha value is -2.67. The first kappa shape index (κ1) is 16.2. The lowest BCUT2D eigenvalue weighted by Crippen LogP contribution is -2.12. The molecule has 1 heterocycles. The summed E-state index contributed by atoms with van der Waals surface area (Å²) in [6.45, 7) is 2.03. The molecule has 3 aromatic rings. The van der Waals surface area contributed by atoms with Gasteiger partial charge in [-0.3, -0.25) is 4.79 Å². The van der Waals surface area contributed by atoms with E-state index in [-0.39, 0.29) is 5.91 Å². The van der Waals surface area contributed by atoms with E-state index in [1.54, 1.807) is 4.68 Å². The lowest BCUT2D eigenvalue weighted by Gasteiger charge is -2.06. The van der Waals surface area contributed by atoms with E-state index in [1.807, 2.05) is 61.5 Å². The van der Waals surface area contributed by atoms with Gasteiger partial charge in [0, 0.05) is 17.9 Å². The summed E-state index contributed by atoms with van der Waals surface area (Å²) in [5.41, 5.74) is 2.89. The van der Waals surface area contributed by atoms with E-state index in [9.17, 15) is 4.79 Å². The number of benzene rings is 2. The van der Waals surface area contributed by atoms with Gasteiger partial charge in [-0.15, -0.1) is 5.10 Å². The van der Waals surface area contributed by atoms with E-state index in [2.05, 4.69) is 20.8 Å². The van der Waals surface area contributed by atoms with Gasteiger partial charge in [-0.05, 0) is 41.6 Å². The molecule has 1 N–H and O–H groups in total. The fourth-order valence-corrected chi connectivity index (χ4v) is 2.93. The monoisotopic (exact) mass is 339 g/mol. The highest BCUT2D eigenvalue weighted by Gasteiger charge is 2.10. The van der Waals surface area contributed by atoms with E-state index in [0.29, 0.717) is 17.3 Å². The van der Waals surface area contributed by atoms with Crippen LogP contribution in [0.25, 0.3) is 5.69 Å². The van der Waals surface area contributed by atoms with Gasteiger partial charge >= 0.3 is 0 Å². The molecule has 0 spiro atoms. The number of para-hydroxylation sites is 1. The summed E-state index contributed by atoms with van der Waals surface area (Å²) in [5.74, 6) is 0.577. The van der Waals surface area contributed by atoms with E-state index >= 15 is 0 Å². The molecule has 0 atom stereocenters. The van der Waals surface area contributed by atoms with Crippen LogP contribution in [0.15, 0.2) is 59.8 Å². The largest absolute Gasteiger partial charge is 0.326 e. The van der Waals surface area contributed by atoms with Crippen molar-refractivity contribution in [3.63, 3.8) is 0 Å². The van der Waals surface area contributed by atoms with Gasteiger partial charge in [0.05, 0.1) is 5.69 Å². The average Bonchev–Trinajstić information content (AvgIpc) is 3.05. The lowest BCUT2D eigenvalue weighted by atomic mass is 10.2. The minimum atomic E-state index is -0.0249. The van der Waals surface area contributed by atoms with E-state index in [4.69, 9.17) is 0 Å². The summed E-state index contributed by atoms with van der Waals surface area (Å²) in [6, 6.07) is 17.4. The van der Waals surface area contributed by atoms with E-state index in [1.165, 1.54) is 17.3 Å². The SMILES string of the molecule is Cc1ccc(-n2nnnc2SCCC(=O)Nc2ccccc2)cc1. The van der Waals surface area contributed by atoms with Crippen molar-refractivity contribution in [3.05, 3.63) is 60.2 Å². The predicted octanol–water partition coefficient (Wildman–Crippen LogP) is 3.09. The average molecular weight is 339 g/mol. The second-order valence-corrected chi connectivity index (χ2v) is 6.28. The molecular weight excluding hydrogens is 322 g/mol. The maximum absolute atomic E-state index is 12.0. The second-order valence-electron chi connectivity index (χ2n) is 5.22. The molecule has 2 aromatic carbocycles. The summed E-state index contributed by atoms with van der Waals surface area (Å²) in [5, 5.41) is 15.3. The highest BCUT2D eigenvalue weighted by atomic mass is 32.2. The highest BCUT2D eigenvalue weighted by molar-refractivity contribution is 7.99. The number of carbonyl (C=O) groups excluding carboxylic acids is 1. The van der Waals surface area contributed by atoms with Gasteiger partial charge in [0.2, 0.25) is 11.1 Å². The van der Waals surface area contributed by atoms with E-state index < -0.39 is 0 Å². The normalized spacial score (nSPS) is 10.5. The molecule has 3 rings (SSSR count). The molecular formula is C17H17N5OS. The van der Waals surface area contributed by atoms with Gasteiger partial charge in [-0.2, -0.15) is 4.68 Å². The van der Waals surface area contributed by atoms with Crippen molar-refractivity contribution >= 4 is 23.4 Å². The summed E-state index contributed by atoms with van der Waals surface area (Å²) < 4.78 is 1.68. The van der Waals surface area contributed by atoms with Gasteiger partial charge in [0.1, 0.15) is 0 Å². The number of hydrogen-bond donors (Lipinski definition) is 1. The Bertz CT molecular complexity index is 801. The van der Waals surface area contributed by atoms with Crippen LogP contribution in [0.2, 0.25) is 0 Å². The number of nitrogens with zero attached hydrogens (tertiary/aromatic N) is 4. The number of aromatic nitrogens is 4. The van der Waals surface area contributed by atoms with Crippen molar-refractivity contribution in [2.24, 2.45) is 0 Å². The maximum Gasteiger partial charge on any atom is 0.225 e. The summed E-state index contributed by atoms with van der Waals surface area (Å²) in [7, 11) is 0. The molecule has 0 radical (unpaired) electrons. The van der Waals surface area contributed by atoms with Crippen molar-refractivity contribution in [1.82, 2.24) is 20.2 Å². The van der Waals surface area contributed by atoms with Gasteiger partial charge < -0.3 is 5.32 Å². The zero-order chi connectivity index (χ0) is 16.8. The Morgan fingerprint density at radius 3 is 2.62 bits per heavy atom. The molecule has 0 bridgehead atoms. The zero-order valence-corrected chi connectivity index (χ0v) is 14.0. The van der Waals surface area contributed by atoms with Crippen molar-refractivity contribution in [2.45, 2.75) is 18.5 Å². The van der Waals surface area contributed by atoms with Crippen molar-refractivity contribution in [2.75, 3.05) is 11.1 Å². The van der Waals surface area contributed by atoms with Crippen LogP contribution in [0, 0.1) is 6.92 Å². The molecule has 0 saturated carbocycles. The van der Waals surface area contributed by atoms with Crippen LogP contribution in [-0.4, -0.2) is 31.9 Å². The third kappa shape index (κ3) is 4.20. The summed E-state index contributed by atoms with van der Waals surface area (Å²) in [4.78, 5) is 12.0. The van der Waals surface area contributed by atoms with Crippen molar-refractivity contribution in [1.29, 1.82) is 0 Å². The van der Waals surface area contributed by atoms with Crippen LogP contribution in [-0.2, 0) is 4.79 Å². The fourth-order valence-electron chi connectivity index (χ4n) is 2.10. The van der Waals surface area contributed by atoms with Crippen LogP contribution in [0.5, 0.6) is 0 Å². The molecule has 24 heavy (non-hydrogen) atoms. The van der Waals surface area contributed by atoms with Gasteiger partial charge in [-0.1, -0.05) is 47.7 Å². The summed E-state index contributed by atoms with van der Waals surface area (Å²) >= 11 is 1.46. The number of amides is 1. The van der Waals surface area contributed by atoms with Crippen LogP contribution in [0.4, 0.5) is 5.69 Å². The third-order valence-corrected chi connectivity index (χ3v) is 4.26. The minimum Gasteiger partial charge on any atom is -0.326 e. The first-order valence-electron chi connectivity index (χ1n) is 7.55. The first-order chi connectivity index (χ1) is 11.7. The number of thioether (sulfide) groups is 1. The van der Waals surface area contributed by atoms with Crippen LogP contribution >= 0.6 is 11.8 Å². The molecule has 0 saturated heterocycles. The van der Waals surface area contributed by atoms with Gasteiger partial charge in [0.15, 0.2) is 0 Å². The molecule has 7 heteroatoms. The number of hydrogen-bond acceptors (Lipinski definition) is 5. The van der Waals surface area contributed by atoms with E-state index in [0.717, 1.165) is 11.4 Å². The molecule has 0 aliphatic carbocycles. The lowest BCUT2D eigenvalue weighted by molar-refractivity contribution is -0.115. The molecule has 1 amide bonds. The molecule has 122 valence electrons. The van der Waals surface area contributed by atoms with Crippen LogP contribution in [0.3, 0.4) is 0 Å². The number of anilines is 1. The van der Waals surface area contributed by atoms with Crippen molar-refractivity contribution < 1.29 is 4.79 Å². The fraction of sp³-hybridized carbons (Fsp3) is 0.176. The van der Waals surface area contributed by atoms with Crippen LogP contribution in [0.1, 0.15) is 12.0 Å². The standard InChI is InChI=1S/C17H17N5OS/c1-13-7-9-15(10-8-13)22-17(19-20-21-22)24-12-11-16(23)18-14-5-3-2-4-6-14/h2-10H,11-12H2,1H3,(H,18,23). The van der Waals surface area contributed by atoms with Gasteiger partial charge in [-0.25, -0.2) is 0 Å². The highest BCUT2D eigenvalue weighted by Crippen LogP contribution is 2.19. The zero-order valence-electron chi connectivity index (χ0n) is 13.2. The summed E-state index contributed by atoms with van der Waals surface area (Å²) in [6.07, 6.45) is 0.389. The Kier molecular flexibility index (Phi) is 5.22. The smallest absolute Gasteiger partial charge is 0.225 e. The van der Waals surface area contributed by atoms with Crippen molar-refractivity contribution in [3.8, 4) is 5.69 Å². The number of rotatable bonds is 6. The quantitative estimate of drug-likeness (QED) is 0.699. The maximum atomic E-state index is 12.0. The number of carbonyl (C=O) groups is 1. The molecule has 1 aromatic heterocycles. The van der Waals surface area contributed by atoms with Crippen LogP contribution < -0.4 is 5.32 Å². The Morgan fingerprint density at radius 1 is 1.12 bits per heavy atom. The van der Waals surface area contributed by atoms with Gasteiger partial charge in [0.25, 0.3) is 0 Å². The topological polar surface area (TPSA) is 72.7 Å². The Morgan fingerprint density at radius 2 is 1.88 bits per heavy atom. The molecule has 0 unspecified atom stereocenters. The molecule has 6 nitrogen and oxygen atoms in total. The molecule has 0 aliphatic heterocycles. The number of aryl methyl sites for hydroxylation is 1.